The molecule has 0 aliphatic rings. The van der Waals surface area contributed by atoms with Gasteiger partial charge in [0, 0.05) is 11.6 Å². The lowest BCUT2D eigenvalue weighted by Gasteiger charge is -2.15. The van der Waals surface area contributed by atoms with Crippen LogP contribution >= 0.6 is 0 Å². The summed E-state index contributed by atoms with van der Waals surface area (Å²) in [7, 11) is 1.40. The van der Waals surface area contributed by atoms with E-state index in [4.69, 9.17) is 4.74 Å². The molecule has 0 amide bonds. The first-order chi connectivity index (χ1) is 11.2. The maximum Gasteiger partial charge on any atom is 0.337 e. The second kappa shape index (κ2) is 8.70. The molecule has 4 heteroatoms. The summed E-state index contributed by atoms with van der Waals surface area (Å²) in [6.07, 6.45) is 10.8. The summed E-state index contributed by atoms with van der Waals surface area (Å²) in [5.41, 5.74) is 1.51. The first-order valence-electron chi connectivity index (χ1n) is 8.76. The standard InChI is InChI=1S/C19H28N2O2/c1-4-6-7-8-9-10-17(5-2)21-14-16-13-15(19(22)23-3)11-12-18(16)20-21/h11-14,17H,4-10H2,1-3H3. The van der Waals surface area contributed by atoms with E-state index in [1.54, 1.807) is 6.07 Å². The van der Waals surface area contributed by atoms with E-state index in [1.165, 1.54) is 39.2 Å². The molecule has 0 saturated carbocycles. The fourth-order valence-corrected chi connectivity index (χ4v) is 2.98. The number of carbonyl (C=O) groups excluding carboxylic acids is 1. The highest BCUT2D eigenvalue weighted by Gasteiger charge is 2.13. The van der Waals surface area contributed by atoms with Crippen molar-refractivity contribution in [3.05, 3.63) is 30.0 Å². The molecule has 0 bridgehead atoms. The fourth-order valence-electron chi connectivity index (χ4n) is 2.98. The van der Waals surface area contributed by atoms with Crippen LogP contribution in [0, 0.1) is 0 Å². The number of nitrogens with zero attached hydrogens (tertiary/aromatic N) is 2. The Balaban J connectivity index is 2.06. The second-order valence-corrected chi connectivity index (χ2v) is 6.14. The van der Waals surface area contributed by atoms with Gasteiger partial charge in [-0.15, -0.1) is 0 Å². The van der Waals surface area contributed by atoms with Gasteiger partial charge in [-0.1, -0.05) is 46.0 Å². The molecule has 126 valence electrons. The summed E-state index contributed by atoms with van der Waals surface area (Å²) < 4.78 is 6.85. The minimum Gasteiger partial charge on any atom is -0.465 e. The summed E-state index contributed by atoms with van der Waals surface area (Å²) in [5, 5.41) is 5.69. The normalized spacial score (nSPS) is 12.5. The second-order valence-electron chi connectivity index (χ2n) is 6.14. The van der Waals surface area contributed by atoms with E-state index >= 15 is 0 Å². The highest BCUT2D eigenvalue weighted by molar-refractivity contribution is 5.94. The number of fused-ring (bicyclic) bond motifs is 1. The molecule has 0 saturated heterocycles. The summed E-state index contributed by atoms with van der Waals surface area (Å²) in [5.74, 6) is -0.303. The van der Waals surface area contributed by atoms with Crippen molar-refractivity contribution in [3.63, 3.8) is 0 Å². The van der Waals surface area contributed by atoms with Gasteiger partial charge >= 0.3 is 5.97 Å². The first kappa shape index (κ1) is 17.5. The Kier molecular flexibility index (Phi) is 6.63. The molecule has 0 N–H and O–H groups in total. The van der Waals surface area contributed by atoms with E-state index in [0.29, 0.717) is 11.6 Å². The molecule has 0 radical (unpaired) electrons. The Hall–Kier alpha value is -1.84. The van der Waals surface area contributed by atoms with Gasteiger partial charge in [0.2, 0.25) is 0 Å². The van der Waals surface area contributed by atoms with Crippen LogP contribution in [0.5, 0.6) is 0 Å². The SMILES string of the molecule is CCCCCCCC(CC)n1cc2cc(C(=O)OC)ccc2n1. The molecule has 2 rings (SSSR count). The van der Waals surface area contributed by atoms with Crippen molar-refractivity contribution < 1.29 is 9.53 Å². The molecule has 0 fully saturated rings. The van der Waals surface area contributed by atoms with Gasteiger partial charge in [-0.25, -0.2) is 4.79 Å². The maximum absolute atomic E-state index is 11.6. The Morgan fingerprint density at radius 1 is 1.22 bits per heavy atom. The third-order valence-electron chi connectivity index (χ3n) is 4.43. The van der Waals surface area contributed by atoms with Gasteiger partial charge in [0.15, 0.2) is 0 Å². The van der Waals surface area contributed by atoms with Gasteiger partial charge < -0.3 is 4.74 Å². The minimum atomic E-state index is -0.303. The van der Waals surface area contributed by atoms with Crippen LogP contribution < -0.4 is 0 Å². The average Bonchev–Trinajstić information content (AvgIpc) is 3.00. The molecule has 1 atom stereocenters. The molecular weight excluding hydrogens is 288 g/mol. The number of rotatable bonds is 9. The van der Waals surface area contributed by atoms with Gasteiger partial charge in [-0.2, -0.15) is 5.10 Å². The van der Waals surface area contributed by atoms with Crippen LogP contribution in [0.2, 0.25) is 0 Å². The van der Waals surface area contributed by atoms with E-state index in [0.717, 1.165) is 23.7 Å². The van der Waals surface area contributed by atoms with Gasteiger partial charge in [0.05, 0.1) is 24.2 Å². The van der Waals surface area contributed by atoms with Gasteiger partial charge in [-0.05, 0) is 31.0 Å². The third kappa shape index (κ3) is 4.57. The van der Waals surface area contributed by atoms with Crippen LogP contribution in [0.4, 0.5) is 0 Å². The number of methoxy groups -OCH3 is 1. The van der Waals surface area contributed by atoms with Crippen molar-refractivity contribution in [1.29, 1.82) is 0 Å². The lowest BCUT2D eigenvalue weighted by atomic mass is 10.0. The zero-order valence-corrected chi connectivity index (χ0v) is 14.5. The average molecular weight is 316 g/mol. The van der Waals surface area contributed by atoms with E-state index in [1.807, 2.05) is 12.1 Å². The highest BCUT2D eigenvalue weighted by Crippen LogP contribution is 2.23. The number of hydrogen-bond donors (Lipinski definition) is 0. The molecule has 2 aromatic rings. The van der Waals surface area contributed by atoms with Crippen molar-refractivity contribution >= 4 is 16.9 Å². The number of aromatic nitrogens is 2. The highest BCUT2D eigenvalue weighted by atomic mass is 16.5. The largest absolute Gasteiger partial charge is 0.465 e. The van der Waals surface area contributed by atoms with E-state index in [-0.39, 0.29) is 5.97 Å². The van der Waals surface area contributed by atoms with Crippen LogP contribution in [0.25, 0.3) is 10.9 Å². The molecule has 1 aromatic heterocycles. The monoisotopic (exact) mass is 316 g/mol. The maximum atomic E-state index is 11.6. The lowest BCUT2D eigenvalue weighted by molar-refractivity contribution is 0.0601. The number of benzene rings is 1. The number of ether oxygens (including phenoxy) is 1. The third-order valence-corrected chi connectivity index (χ3v) is 4.43. The van der Waals surface area contributed by atoms with Gasteiger partial charge in [0.1, 0.15) is 0 Å². The summed E-state index contributed by atoms with van der Waals surface area (Å²) >= 11 is 0. The fraction of sp³-hybridized carbons (Fsp3) is 0.579. The Morgan fingerprint density at radius 2 is 2.00 bits per heavy atom. The predicted octanol–water partition coefficient (Wildman–Crippen LogP) is 5.13. The van der Waals surface area contributed by atoms with Gasteiger partial charge in [-0.3, -0.25) is 4.68 Å². The first-order valence-corrected chi connectivity index (χ1v) is 8.76. The lowest BCUT2D eigenvalue weighted by Crippen LogP contribution is -2.08. The van der Waals surface area contributed by atoms with E-state index in [9.17, 15) is 4.79 Å². The van der Waals surface area contributed by atoms with Gasteiger partial charge in [0.25, 0.3) is 0 Å². The molecule has 1 aromatic carbocycles. The number of carbonyl (C=O) groups is 1. The smallest absolute Gasteiger partial charge is 0.337 e. The van der Waals surface area contributed by atoms with Crippen LogP contribution in [0.1, 0.15) is 75.2 Å². The zero-order chi connectivity index (χ0) is 16.7. The molecular formula is C19H28N2O2. The van der Waals surface area contributed by atoms with E-state index in [2.05, 4.69) is 29.8 Å². The van der Waals surface area contributed by atoms with E-state index < -0.39 is 0 Å². The van der Waals surface area contributed by atoms with Crippen molar-refractivity contribution in [1.82, 2.24) is 9.78 Å². The number of hydrogen-bond acceptors (Lipinski definition) is 3. The summed E-state index contributed by atoms with van der Waals surface area (Å²) in [6, 6.07) is 5.97. The molecule has 1 unspecified atom stereocenters. The Labute approximate surface area is 138 Å². The Bertz CT molecular complexity index is 633. The molecule has 4 nitrogen and oxygen atoms in total. The van der Waals surface area contributed by atoms with Crippen LogP contribution in [-0.2, 0) is 4.74 Å². The minimum absolute atomic E-state index is 0.303. The molecule has 1 heterocycles. The summed E-state index contributed by atoms with van der Waals surface area (Å²) in [6.45, 7) is 4.45. The quantitative estimate of drug-likeness (QED) is 0.475. The number of unbranched alkanes of at least 4 members (excludes halogenated alkanes) is 4. The molecule has 0 aliphatic heterocycles. The molecule has 23 heavy (non-hydrogen) atoms. The van der Waals surface area contributed by atoms with Crippen molar-refractivity contribution in [2.24, 2.45) is 0 Å². The van der Waals surface area contributed by atoms with Crippen LogP contribution in [0.15, 0.2) is 24.4 Å². The number of esters is 1. The summed E-state index contributed by atoms with van der Waals surface area (Å²) in [4.78, 5) is 11.6. The van der Waals surface area contributed by atoms with Crippen molar-refractivity contribution in [2.75, 3.05) is 7.11 Å². The molecule has 0 spiro atoms. The zero-order valence-electron chi connectivity index (χ0n) is 14.5. The van der Waals surface area contributed by atoms with Crippen LogP contribution in [-0.4, -0.2) is 22.9 Å². The Morgan fingerprint density at radius 3 is 2.70 bits per heavy atom. The predicted molar refractivity (Wildman–Crippen MR) is 93.8 cm³/mol. The van der Waals surface area contributed by atoms with Crippen molar-refractivity contribution in [2.45, 2.75) is 64.8 Å². The van der Waals surface area contributed by atoms with Crippen LogP contribution in [0.3, 0.4) is 0 Å². The topological polar surface area (TPSA) is 44.1 Å². The van der Waals surface area contributed by atoms with Crippen molar-refractivity contribution in [3.8, 4) is 0 Å². The molecule has 0 aliphatic carbocycles.